The summed E-state index contributed by atoms with van der Waals surface area (Å²) in [6.07, 6.45) is 5.45. The molecule has 7 nitrogen and oxygen atoms in total. The van der Waals surface area contributed by atoms with Gasteiger partial charge in [0.05, 0.1) is 12.7 Å². The van der Waals surface area contributed by atoms with Gasteiger partial charge in [-0.1, -0.05) is 0 Å². The van der Waals surface area contributed by atoms with Crippen LogP contribution < -0.4 is 15.5 Å². The zero-order valence-corrected chi connectivity index (χ0v) is 15.4. The number of hydrogen-bond acceptors (Lipinski definition) is 5. The molecule has 7 heteroatoms. The Bertz CT molecular complexity index is 786. The lowest BCUT2D eigenvalue weighted by Crippen LogP contribution is -2.31. The second-order valence-corrected chi connectivity index (χ2v) is 6.45. The molecule has 27 heavy (non-hydrogen) atoms. The van der Waals surface area contributed by atoms with E-state index in [2.05, 4.69) is 25.3 Å². The van der Waals surface area contributed by atoms with E-state index in [-0.39, 0.29) is 6.03 Å². The molecule has 142 valence electrons. The van der Waals surface area contributed by atoms with Crippen molar-refractivity contribution in [2.75, 3.05) is 30.4 Å². The molecule has 2 N–H and O–H groups in total. The molecule has 2 aromatic rings. The molecule has 2 heterocycles. The van der Waals surface area contributed by atoms with Crippen LogP contribution in [0.25, 0.3) is 0 Å². The normalized spacial score (nSPS) is 13.7. The quantitative estimate of drug-likeness (QED) is 0.792. The van der Waals surface area contributed by atoms with E-state index in [9.17, 15) is 9.59 Å². The first-order valence-electron chi connectivity index (χ1n) is 9.09. The van der Waals surface area contributed by atoms with Gasteiger partial charge < -0.3 is 20.3 Å². The lowest BCUT2D eigenvalue weighted by Gasteiger charge is -2.27. The number of hydrogen-bond donors (Lipinski definition) is 2. The summed E-state index contributed by atoms with van der Waals surface area (Å²) < 4.78 is 4.65. The van der Waals surface area contributed by atoms with Gasteiger partial charge in [0.15, 0.2) is 0 Å². The number of benzene rings is 1. The minimum absolute atomic E-state index is 0.308. The summed E-state index contributed by atoms with van der Waals surface area (Å²) >= 11 is 0. The maximum atomic E-state index is 12.1. The first-order chi connectivity index (χ1) is 13.2. The van der Waals surface area contributed by atoms with Crippen molar-refractivity contribution in [1.29, 1.82) is 0 Å². The fourth-order valence-electron chi connectivity index (χ4n) is 3.03. The highest BCUT2D eigenvalue weighted by Crippen LogP contribution is 2.18. The van der Waals surface area contributed by atoms with Crippen molar-refractivity contribution in [2.45, 2.75) is 25.8 Å². The fraction of sp³-hybridized carbons (Fsp3) is 0.350. The number of esters is 1. The minimum Gasteiger partial charge on any atom is -0.465 e. The smallest absolute Gasteiger partial charge is 0.337 e. The average Bonchev–Trinajstić information content (AvgIpc) is 2.73. The number of nitrogens with one attached hydrogen (secondary N) is 2. The van der Waals surface area contributed by atoms with E-state index in [1.54, 1.807) is 30.5 Å². The molecule has 1 aromatic heterocycles. The molecule has 3 rings (SSSR count). The number of methoxy groups -OCH3 is 1. The van der Waals surface area contributed by atoms with Crippen LogP contribution in [0.5, 0.6) is 0 Å². The van der Waals surface area contributed by atoms with Crippen molar-refractivity contribution in [3.05, 3.63) is 53.7 Å². The molecule has 1 aromatic carbocycles. The number of piperidine rings is 1. The molecule has 0 atom stereocenters. The Morgan fingerprint density at radius 1 is 1.11 bits per heavy atom. The Morgan fingerprint density at radius 3 is 2.56 bits per heavy atom. The van der Waals surface area contributed by atoms with E-state index >= 15 is 0 Å². The maximum absolute atomic E-state index is 12.1. The third kappa shape index (κ3) is 5.20. The largest absolute Gasteiger partial charge is 0.465 e. The second kappa shape index (κ2) is 9.02. The third-order valence-electron chi connectivity index (χ3n) is 4.51. The Kier molecular flexibility index (Phi) is 6.25. The summed E-state index contributed by atoms with van der Waals surface area (Å²) in [6, 6.07) is 10.1. The van der Waals surface area contributed by atoms with E-state index in [4.69, 9.17) is 0 Å². The zero-order valence-electron chi connectivity index (χ0n) is 15.4. The van der Waals surface area contributed by atoms with E-state index in [0.717, 1.165) is 24.5 Å². The van der Waals surface area contributed by atoms with Crippen LogP contribution in [-0.4, -0.2) is 37.2 Å². The number of urea groups is 1. The summed E-state index contributed by atoms with van der Waals surface area (Å²) in [7, 11) is 1.33. The van der Waals surface area contributed by atoms with Crippen LogP contribution in [0.15, 0.2) is 42.6 Å². The molecule has 0 aliphatic carbocycles. The molecular weight excluding hydrogens is 344 g/mol. The molecule has 0 saturated carbocycles. The number of aromatic nitrogens is 1. The van der Waals surface area contributed by atoms with Crippen molar-refractivity contribution < 1.29 is 14.3 Å². The van der Waals surface area contributed by atoms with Crippen molar-refractivity contribution >= 4 is 23.5 Å². The number of carbonyl (C=O) groups excluding carboxylic acids is 2. The number of carbonyl (C=O) groups is 2. The number of amides is 2. The van der Waals surface area contributed by atoms with Gasteiger partial charge in [-0.2, -0.15) is 0 Å². The van der Waals surface area contributed by atoms with Gasteiger partial charge in [0, 0.05) is 31.5 Å². The lowest BCUT2D eigenvalue weighted by atomic mass is 10.1. The van der Waals surface area contributed by atoms with Crippen LogP contribution >= 0.6 is 0 Å². The molecule has 0 bridgehead atoms. The summed E-state index contributed by atoms with van der Waals surface area (Å²) in [5, 5.41) is 5.58. The molecule has 0 unspecified atom stereocenters. The molecule has 1 aliphatic rings. The SMILES string of the molecule is COC(=O)c1ccc(NC(=O)NCc2ccnc(N3CCCCC3)c2)cc1. The van der Waals surface area contributed by atoms with E-state index in [0.29, 0.717) is 17.8 Å². The number of anilines is 2. The highest BCUT2D eigenvalue weighted by atomic mass is 16.5. The van der Waals surface area contributed by atoms with Gasteiger partial charge in [-0.15, -0.1) is 0 Å². The van der Waals surface area contributed by atoms with Gasteiger partial charge in [-0.25, -0.2) is 14.6 Å². The maximum Gasteiger partial charge on any atom is 0.337 e. The number of pyridine rings is 1. The fourth-order valence-corrected chi connectivity index (χ4v) is 3.03. The number of rotatable bonds is 5. The summed E-state index contributed by atoms with van der Waals surface area (Å²) in [4.78, 5) is 30.3. The van der Waals surface area contributed by atoms with Crippen LogP contribution in [0.1, 0.15) is 35.2 Å². The summed E-state index contributed by atoms with van der Waals surface area (Å²) in [5.41, 5.74) is 2.04. The average molecular weight is 368 g/mol. The van der Waals surface area contributed by atoms with Gasteiger partial charge in [0.25, 0.3) is 0 Å². The minimum atomic E-state index is -0.409. The Balaban J connectivity index is 1.52. The molecule has 0 radical (unpaired) electrons. The second-order valence-electron chi connectivity index (χ2n) is 6.45. The Hall–Kier alpha value is -3.09. The van der Waals surface area contributed by atoms with Gasteiger partial charge in [0.1, 0.15) is 5.82 Å². The molecular formula is C20H24N4O3. The summed E-state index contributed by atoms with van der Waals surface area (Å²) in [5.74, 6) is 0.556. The van der Waals surface area contributed by atoms with Crippen LogP contribution in [0.3, 0.4) is 0 Å². The van der Waals surface area contributed by atoms with Gasteiger partial charge >= 0.3 is 12.0 Å². The van der Waals surface area contributed by atoms with Gasteiger partial charge in [0.2, 0.25) is 0 Å². The van der Waals surface area contributed by atoms with Crippen molar-refractivity contribution in [3.63, 3.8) is 0 Å². The van der Waals surface area contributed by atoms with Crippen molar-refractivity contribution in [2.24, 2.45) is 0 Å². The van der Waals surface area contributed by atoms with Gasteiger partial charge in [-0.05, 0) is 61.2 Å². The molecule has 1 fully saturated rings. The predicted molar refractivity (Wildman–Crippen MR) is 104 cm³/mol. The molecule has 1 saturated heterocycles. The molecule has 1 aliphatic heterocycles. The molecule has 0 spiro atoms. The van der Waals surface area contributed by atoms with Crippen molar-refractivity contribution in [3.8, 4) is 0 Å². The highest BCUT2D eigenvalue weighted by Gasteiger charge is 2.12. The summed E-state index contributed by atoms with van der Waals surface area (Å²) in [6.45, 7) is 2.48. The van der Waals surface area contributed by atoms with Crippen LogP contribution in [0, 0.1) is 0 Å². The van der Waals surface area contributed by atoms with E-state index in [1.807, 2.05) is 12.1 Å². The van der Waals surface area contributed by atoms with Crippen molar-refractivity contribution in [1.82, 2.24) is 10.3 Å². The van der Waals surface area contributed by atoms with Gasteiger partial charge in [-0.3, -0.25) is 0 Å². The number of ether oxygens (including phenoxy) is 1. The zero-order chi connectivity index (χ0) is 19.1. The Morgan fingerprint density at radius 2 is 1.85 bits per heavy atom. The topological polar surface area (TPSA) is 83.6 Å². The first kappa shape index (κ1) is 18.7. The third-order valence-corrected chi connectivity index (χ3v) is 4.51. The Labute approximate surface area is 158 Å². The van der Waals surface area contributed by atoms with E-state index in [1.165, 1.54) is 26.4 Å². The van der Waals surface area contributed by atoms with Crippen LogP contribution in [-0.2, 0) is 11.3 Å². The van der Waals surface area contributed by atoms with Crippen LogP contribution in [0.4, 0.5) is 16.3 Å². The lowest BCUT2D eigenvalue weighted by molar-refractivity contribution is 0.0600. The van der Waals surface area contributed by atoms with Crippen LogP contribution in [0.2, 0.25) is 0 Å². The predicted octanol–water partition coefficient (Wildman–Crippen LogP) is 3.18. The van der Waals surface area contributed by atoms with E-state index < -0.39 is 5.97 Å². The molecule has 2 amide bonds. The first-order valence-corrected chi connectivity index (χ1v) is 9.09. The highest BCUT2D eigenvalue weighted by molar-refractivity contribution is 5.92. The standard InChI is InChI=1S/C20H24N4O3/c1-27-19(25)16-5-7-17(8-6-16)23-20(26)22-14-15-9-10-21-18(13-15)24-11-3-2-4-12-24/h5-10,13H,2-4,11-12,14H2,1H3,(H2,22,23,26). The number of nitrogens with zero attached hydrogens (tertiary/aromatic N) is 2. The monoisotopic (exact) mass is 368 g/mol.